The number of hydrogen-bond acceptors (Lipinski definition) is 5. The molecule has 3 rings (SSSR count). The summed E-state index contributed by atoms with van der Waals surface area (Å²) in [6.07, 6.45) is 0. The maximum Gasteiger partial charge on any atom is 0.257 e. The van der Waals surface area contributed by atoms with Gasteiger partial charge in [-0.3, -0.25) is 10.1 Å². The first-order chi connectivity index (χ1) is 11.1. The second kappa shape index (κ2) is 7.29. The predicted octanol–water partition coefficient (Wildman–Crippen LogP) is 5.62. The number of hydrogen-bond donors (Lipinski definition) is 1. The molecule has 23 heavy (non-hydrogen) atoms. The van der Waals surface area contributed by atoms with Gasteiger partial charge in [-0.25, -0.2) is 4.98 Å². The molecule has 1 amide bonds. The first-order valence-corrected chi connectivity index (χ1v) is 9.83. The van der Waals surface area contributed by atoms with Gasteiger partial charge in [0, 0.05) is 21.1 Å². The van der Waals surface area contributed by atoms with E-state index in [4.69, 9.17) is 0 Å². The van der Waals surface area contributed by atoms with Gasteiger partial charge >= 0.3 is 0 Å². The summed E-state index contributed by atoms with van der Waals surface area (Å²) in [7, 11) is 0. The van der Waals surface area contributed by atoms with Gasteiger partial charge < -0.3 is 0 Å². The molecule has 2 aromatic heterocycles. The SMILES string of the molecule is CC(C)Sc1ccc(C(=O)Nc2nc(-c3cccs3)cs2)cc1. The molecule has 1 N–H and O–H groups in total. The van der Waals surface area contributed by atoms with E-state index in [1.165, 1.54) is 16.2 Å². The van der Waals surface area contributed by atoms with Crippen molar-refractivity contribution in [2.75, 3.05) is 5.32 Å². The van der Waals surface area contributed by atoms with Crippen molar-refractivity contribution in [3.63, 3.8) is 0 Å². The molecular weight excluding hydrogens is 344 g/mol. The van der Waals surface area contributed by atoms with Crippen LogP contribution in [0.25, 0.3) is 10.6 Å². The minimum atomic E-state index is -0.127. The Morgan fingerprint density at radius 2 is 1.96 bits per heavy atom. The first kappa shape index (κ1) is 16.2. The van der Waals surface area contributed by atoms with Crippen LogP contribution in [0, 0.1) is 0 Å². The van der Waals surface area contributed by atoms with Crippen LogP contribution in [-0.2, 0) is 0 Å². The van der Waals surface area contributed by atoms with E-state index in [-0.39, 0.29) is 5.91 Å². The molecule has 0 saturated heterocycles. The number of nitrogens with zero attached hydrogens (tertiary/aromatic N) is 1. The Balaban J connectivity index is 1.67. The van der Waals surface area contributed by atoms with Crippen LogP contribution in [0.1, 0.15) is 24.2 Å². The summed E-state index contributed by atoms with van der Waals surface area (Å²) in [4.78, 5) is 19.0. The number of thiophene rings is 1. The molecule has 0 aliphatic rings. The van der Waals surface area contributed by atoms with Crippen molar-refractivity contribution in [2.24, 2.45) is 0 Å². The maximum absolute atomic E-state index is 12.3. The fourth-order valence-corrected chi connectivity index (χ4v) is 4.30. The quantitative estimate of drug-likeness (QED) is 0.600. The van der Waals surface area contributed by atoms with Gasteiger partial charge in [-0.2, -0.15) is 0 Å². The van der Waals surface area contributed by atoms with Gasteiger partial charge in [-0.05, 0) is 35.7 Å². The highest BCUT2D eigenvalue weighted by Gasteiger charge is 2.10. The molecule has 0 unspecified atom stereocenters. The number of benzene rings is 1. The first-order valence-electron chi connectivity index (χ1n) is 7.19. The number of thiazole rings is 1. The topological polar surface area (TPSA) is 42.0 Å². The van der Waals surface area contributed by atoms with Crippen LogP contribution in [0.2, 0.25) is 0 Å². The standard InChI is InChI=1S/C17H16N2OS3/c1-11(2)23-13-7-5-12(6-8-13)16(20)19-17-18-14(10-22-17)15-4-3-9-21-15/h3-11H,1-2H3,(H,18,19,20). The number of aromatic nitrogens is 1. The van der Waals surface area contributed by atoms with Crippen LogP contribution in [-0.4, -0.2) is 16.1 Å². The van der Waals surface area contributed by atoms with Crippen molar-refractivity contribution >= 4 is 45.5 Å². The summed E-state index contributed by atoms with van der Waals surface area (Å²) in [5, 5.41) is 8.00. The molecule has 3 aromatic rings. The van der Waals surface area contributed by atoms with Gasteiger partial charge in [0.2, 0.25) is 0 Å². The van der Waals surface area contributed by atoms with E-state index in [0.717, 1.165) is 10.6 Å². The molecule has 0 fully saturated rings. The Kier molecular flexibility index (Phi) is 5.15. The van der Waals surface area contributed by atoms with Crippen LogP contribution in [0.3, 0.4) is 0 Å². The van der Waals surface area contributed by atoms with Crippen molar-refractivity contribution in [3.8, 4) is 10.6 Å². The molecule has 1 aromatic carbocycles. The average molecular weight is 361 g/mol. The Morgan fingerprint density at radius 1 is 1.17 bits per heavy atom. The zero-order valence-corrected chi connectivity index (χ0v) is 15.2. The van der Waals surface area contributed by atoms with E-state index in [1.54, 1.807) is 23.1 Å². The molecule has 0 aliphatic carbocycles. The van der Waals surface area contributed by atoms with Crippen molar-refractivity contribution in [1.82, 2.24) is 4.98 Å². The van der Waals surface area contributed by atoms with Gasteiger partial charge in [-0.1, -0.05) is 19.9 Å². The molecule has 6 heteroatoms. The van der Waals surface area contributed by atoms with Crippen LogP contribution in [0.5, 0.6) is 0 Å². The van der Waals surface area contributed by atoms with E-state index in [2.05, 4.69) is 24.1 Å². The van der Waals surface area contributed by atoms with Crippen LogP contribution in [0.15, 0.2) is 52.1 Å². The minimum absolute atomic E-state index is 0.127. The lowest BCUT2D eigenvalue weighted by molar-refractivity contribution is 0.102. The number of amides is 1. The van der Waals surface area contributed by atoms with Crippen molar-refractivity contribution in [2.45, 2.75) is 24.0 Å². The van der Waals surface area contributed by atoms with E-state index in [0.29, 0.717) is 15.9 Å². The third-order valence-electron chi connectivity index (χ3n) is 2.99. The van der Waals surface area contributed by atoms with E-state index in [1.807, 2.05) is 47.2 Å². The summed E-state index contributed by atoms with van der Waals surface area (Å²) in [5.74, 6) is -0.127. The second-order valence-electron chi connectivity index (χ2n) is 5.16. The Labute approximate surface area is 147 Å². The third kappa shape index (κ3) is 4.22. The molecule has 118 valence electrons. The molecule has 0 atom stereocenters. The van der Waals surface area contributed by atoms with Gasteiger partial charge in [0.05, 0.1) is 10.6 Å². The van der Waals surface area contributed by atoms with Crippen LogP contribution < -0.4 is 5.32 Å². The second-order valence-corrected chi connectivity index (χ2v) is 8.62. The summed E-state index contributed by atoms with van der Waals surface area (Å²) >= 11 is 4.87. The number of carbonyl (C=O) groups excluding carboxylic acids is 1. The zero-order valence-electron chi connectivity index (χ0n) is 12.8. The molecule has 0 radical (unpaired) electrons. The van der Waals surface area contributed by atoms with Crippen LogP contribution >= 0.6 is 34.4 Å². The van der Waals surface area contributed by atoms with Gasteiger partial charge in [0.15, 0.2) is 5.13 Å². The molecular formula is C17H16N2OS3. The zero-order chi connectivity index (χ0) is 16.2. The number of anilines is 1. The predicted molar refractivity (Wildman–Crippen MR) is 101 cm³/mol. The fourth-order valence-electron chi connectivity index (χ4n) is 1.99. The monoisotopic (exact) mass is 360 g/mol. The Bertz CT molecular complexity index is 777. The lowest BCUT2D eigenvalue weighted by atomic mass is 10.2. The number of thioether (sulfide) groups is 1. The summed E-state index contributed by atoms with van der Waals surface area (Å²) in [6, 6.07) is 11.7. The van der Waals surface area contributed by atoms with Gasteiger partial charge in [0.1, 0.15) is 0 Å². The van der Waals surface area contributed by atoms with Crippen molar-refractivity contribution in [1.29, 1.82) is 0 Å². The highest BCUT2D eigenvalue weighted by molar-refractivity contribution is 7.99. The fraction of sp³-hybridized carbons (Fsp3) is 0.176. The third-order valence-corrected chi connectivity index (χ3v) is 5.65. The number of rotatable bonds is 5. The van der Waals surface area contributed by atoms with E-state index in [9.17, 15) is 4.79 Å². The van der Waals surface area contributed by atoms with Crippen LogP contribution in [0.4, 0.5) is 5.13 Å². The highest BCUT2D eigenvalue weighted by atomic mass is 32.2. The summed E-state index contributed by atoms with van der Waals surface area (Å²) in [6.45, 7) is 4.30. The maximum atomic E-state index is 12.3. The Hall–Kier alpha value is -1.63. The molecule has 3 nitrogen and oxygen atoms in total. The molecule has 0 spiro atoms. The van der Waals surface area contributed by atoms with E-state index < -0.39 is 0 Å². The molecule has 0 bridgehead atoms. The lowest BCUT2D eigenvalue weighted by Gasteiger charge is -2.06. The lowest BCUT2D eigenvalue weighted by Crippen LogP contribution is -2.11. The van der Waals surface area contributed by atoms with Gasteiger partial charge in [-0.15, -0.1) is 34.4 Å². The average Bonchev–Trinajstić information content (AvgIpc) is 3.18. The molecule has 0 saturated carbocycles. The molecule has 0 aliphatic heterocycles. The summed E-state index contributed by atoms with van der Waals surface area (Å²) < 4.78 is 0. The van der Waals surface area contributed by atoms with Crippen molar-refractivity contribution in [3.05, 3.63) is 52.7 Å². The highest BCUT2D eigenvalue weighted by Crippen LogP contribution is 2.28. The summed E-state index contributed by atoms with van der Waals surface area (Å²) in [5.41, 5.74) is 1.55. The molecule has 2 heterocycles. The normalized spacial score (nSPS) is 10.9. The number of nitrogens with one attached hydrogen (secondary N) is 1. The largest absolute Gasteiger partial charge is 0.298 e. The minimum Gasteiger partial charge on any atom is -0.298 e. The van der Waals surface area contributed by atoms with Gasteiger partial charge in [0.25, 0.3) is 5.91 Å². The smallest absolute Gasteiger partial charge is 0.257 e. The Morgan fingerprint density at radius 3 is 2.61 bits per heavy atom. The van der Waals surface area contributed by atoms with Crippen molar-refractivity contribution < 1.29 is 4.79 Å². The van der Waals surface area contributed by atoms with E-state index >= 15 is 0 Å². The number of carbonyl (C=O) groups is 1.